The van der Waals surface area contributed by atoms with E-state index in [0.717, 1.165) is 18.8 Å². The summed E-state index contributed by atoms with van der Waals surface area (Å²) < 4.78 is 5.23. The third-order valence-corrected chi connectivity index (χ3v) is 4.99. The van der Waals surface area contributed by atoms with Gasteiger partial charge in [-0.25, -0.2) is 0 Å². The molecule has 148 valence electrons. The Hall–Kier alpha value is -3.02. The van der Waals surface area contributed by atoms with E-state index in [1.807, 2.05) is 18.2 Å². The molecule has 2 aromatic carbocycles. The lowest BCUT2D eigenvalue weighted by molar-refractivity contribution is -0.116. The van der Waals surface area contributed by atoms with Crippen molar-refractivity contribution in [2.24, 2.45) is 0 Å². The number of carbonyl (C=O) groups excluding carboxylic acids is 2. The van der Waals surface area contributed by atoms with Crippen LogP contribution in [0.5, 0.6) is 5.75 Å². The van der Waals surface area contributed by atoms with Crippen LogP contribution in [0.4, 0.5) is 11.4 Å². The average Bonchev–Trinajstić information content (AvgIpc) is 3.26. The Morgan fingerprint density at radius 3 is 2.39 bits per heavy atom. The molecule has 1 aliphatic rings. The van der Waals surface area contributed by atoms with E-state index in [1.165, 1.54) is 32.6 Å². The Kier molecular flexibility index (Phi) is 6.53. The number of rotatable bonds is 7. The van der Waals surface area contributed by atoms with Gasteiger partial charge in [-0.05, 0) is 49.2 Å². The van der Waals surface area contributed by atoms with Crippen LogP contribution >= 0.6 is 0 Å². The quantitative estimate of drug-likeness (QED) is 0.801. The first-order valence-electron chi connectivity index (χ1n) is 9.64. The van der Waals surface area contributed by atoms with Crippen molar-refractivity contribution >= 4 is 23.2 Å². The van der Waals surface area contributed by atoms with Gasteiger partial charge in [-0.3, -0.25) is 9.59 Å². The van der Waals surface area contributed by atoms with Crippen LogP contribution in [0.2, 0.25) is 0 Å². The summed E-state index contributed by atoms with van der Waals surface area (Å²) >= 11 is 0. The van der Waals surface area contributed by atoms with E-state index in [9.17, 15) is 9.59 Å². The maximum absolute atomic E-state index is 12.4. The normalized spacial score (nSPS) is 13.3. The molecule has 0 radical (unpaired) electrons. The van der Waals surface area contributed by atoms with Gasteiger partial charge in [-0.2, -0.15) is 0 Å². The van der Waals surface area contributed by atoms with Crippen LogP contribution in [-0.2, 0) is 4.79 Å². The molecule has 3 rings (SSSR count). The van der Waals surface area contributed by atoms with Gasteiger partial charge in [0.05, 0.1) is 12.7 Å². The Morgan fingerprint density at radius 1 is 1.07 bits per heavy atom. The molecule has 6 heteroatoms. The fourth-order valence-corrected chi connectivity index (χ4v) is 3.50. The highest BCUT2D eigenvalue weighted by Crippen LogP contribution is 2.24. The number of hydrogen-bond acceptors (Lipinski definition) is 4. The zero-order valence-corrected chi connectivity index (χ0v) is 16.5. The summed E-state index contributed by atoms with van der Waals surface area (Å²) in [5.74, 6) is 0.256. The lowest BCUT2D eigenvalue weighted by Crippen LogP contribution is -2.37. The van der Waals surface area contributed by atoms with E-state index >= 15 is 0 Å². The SMILES string of the molecule is COc1ccccc1C(=O)NCCN(C(C)=O)c1ccc(N2CCCC2)cc1. The Labute approximate surface area is 166 Å². The molecule has 28 heavy (non-hydrogen) atoms. The molecule has 1 N–H and O–H groups in total. The lowest BCUT2D eigenvalue weighted by Gasteiger charge is -2.23. The number of hydrogen-bond donors (Lipinski definition) is 1. The Morgan fingerprint density at radius 2 is 1.75 bits per heavy atom. The number of nitrogens with zero attached hydrogens (tertiary/aromatic N) is 2. The maximum Gasteiger partial charge on any atom is 0.255 e. The number of anilines is 2. The summed E-state index contributed by atoms with van der Waals surface area (Å²) in [5, 5.41) is 2.86. The molecule has 0 bridgehead atoms. The molecule has 6 nitrogen and oxygen atoms in total. The first kappa shape index (κ1) is 19.7. The third-order valence-electron chi connectivity index (χ3n) is 4.99. The number of para-hydroxylation sites is 1. The van der Waals surface area contributed by atoms with Crippen LogP contribution in [0.1, 0.15) is 30.1 Å². The average molecular weight is 381 g/mol. The minimum Gasteiger partial charge on any atom is -0.496 e. The first-order chi connectivity index (χ1) is 13.6. The zero-order valence-electron chi connectivity index (χ0n) is 16.5. The number of ether oxygens (including phenoxy) is 1. The van der Waals surface area contributed by atoms with E-state index in [1.54, 1.807) is 23.1 Å². The van der Waals surface area contributed by atoms with Gasteiger partial charge >= 0.3 is 0 Å². The van der Waals surface area contributed by atoms with Crippen LogP contribution in [0.25, 0.3) is 0 Å². The summed E-state index contributed by atoms with van der Waals surface area (Å²) in [4.78, 5) is 28.6. The molecule has 0 spiro atoms. The predicted octanol–water partition coefficient (Wildman–Crippen LogP) is 3.08. The van der Waals surface area contributed by atoms with Crippen LogP contribution in [-0.4, -0.2) is 45.1 Å². The van der Waals surface area contributed by atoms with Crippen molar-refractivity contribution in [1.82, 2.24) is 5.32 Å². The van der Waals surface area contributed by atoms with E-state index in [4.69, 9.17) is 4.74 Å². The minimum atomic E-state index is -0.217. The molecule has 0 aromatic heterocycles. The fourth-order valence-electron chi connectivity index (χ4n) is 3.50. The molecule has 0 saturated carbocycles. The highest BCUT2D eigenvalue weighted by molar-refractivity contribution is 5.97. The van der Waals surface area contributed by atoms with Crippen LogP contribution in [0.3, 0.4) is 0 Å². The standard InChI is InChI=1S/C22H27N3O3/c1-17(26)25(19-11-9-18(10-12-19)24-14-5-6-15-24)16-13-23-22(27)20-7-3-4-8-21(20)28-2/h3-4,7-12H,5-6,13-16H2,1-2H3,(H,23,27). The third kappa shape index (κ3) is 4.63. The molecular formula is C22H27N3O3. The van der Waals surface area contributed by atoms with E-state index in [-0.39, 0.29) is 11.8 Å². The van der Waals surface area contributed by atoms with Crippen molar-refractivity contribution in [2.75, 3.05) is 43.1 Å². The van der Waals surface area contributed by atoms with Gasteiger partial charge in [0.25, 0.3) is 5.91 Å². The van der Waals surface area contributed by atoms with Crippen LogP contribution in [0, 0.1) is 0 Å². The molecule has 1 heterocycles. The van der Waals surface area contributed by atoms with Crippen molar-refractivity contribution in [1.29, 1.82) is 0 Å². The molecule has 2 aromatic rings. The zero-order chi connectivity index (χ0) is 19.9. The van der Waals surface area contributed by atoms with Gasteiger partial charge in [0, 0.05) is 44.5 Å². The lowest BCUT2D eigenvalue weighted by atomic mass is 10.2. The first-order valence-corrected chi connectivity index (χ1v) is 9.64. The molecule has 0 atom stereocenters. The monoisotopic (exact) mass is 381 g/mol. The summed E-state index contributed by atoms with van der Waals surface area (Å²) in [6.45, 7) is 4.47. The van der Waals surface area contributed by atoms with Gasteiger partial charge in [0.1, 0.15) is 5.75 Å². The number of methoxy groups -OCH3 is 1. The summed E-state index contributed by atoms with van der Waals surface area (Å²) in [6.07, 6.45) is 2.46. The van der Waals surface area contributed by atoms with Gasteiger partial charge in [-0.15, -0.1) is 0 Å². The van der Waals surface area contributed by atoms with Gasteiger partial charge in [0.15, 0.2) is 0 Å². The Bertz CT molecular complexity index is 814. The molecule has 2 amide bonds. The second kappa shape index (κ2) is 9.26. The number of benzene rings is 2. The summed E-state index contributed by atoms with van der Waals surface area (Å²) in [5.41, 5.74) is 2.51. The number of nitrogens with one attached hydrogen (secondary N) is 1. The van der Waals surface area contributed by atoms with Gasteiger partial charge in [-0.1, -0.05) is 12.1 Å². The molecule has 1 saturated heterocycles. The van der Waals surface area contributed by atoms with Crippen LogP contribution in [0.15, 0.2) is 48.5 Å². The molecule has 1 fully saturated rings. The largest absolute Gasteiger partial charge is 0.496 e. The molecular weight excluding hydrogens is 354 g/mol. The van der Waals surface area contributed by atoms with Crippen molar-refractivity contribution in [3.63, 3.8) is 0 Å². The topological polar surface area (TPSA) is 61.9 Å². The number of carbonyl (C=O) groups is 2. The smallest absolute Gasteiger partial charge is 0.255 e. The van der Waals surface area contributed by atoms with E-state index < -0.39 is 0 Å². The second-order valence-corrected chi connectivity index (χ2v) is 6.84. The predicted molar refractivity (Wildman–Crippen MR) is 111 cm³/mol. The van der Waals surface area contributed by atoms with E-state index in [0.29, 0.717) is 24.4 Å². The van der Waals surface area contributed by atoms with Crippen molar-refractivity contribution in [2.45, 2.75) is 19.8 Å². The molecule has 0 unspecified atom stereocenters. The molecule has 1 aliphatic heterocycles. The Balaban J connectivity index is 1.60. The minimum absolute atomic E-state index is 0.0551. The fraction of sp³-hybridized carbons (Fsp3) is 0.364. The maximum atomic E-state index is 12.4. The summed E-state index contributed by atoms with van der Waals surface area (Å²) in [7, 11) is 1.54. The van der Waals surface area contributed by atoms with Crippen molar-refractivity contribution in [3.05, 3.63) is 54.1 Å². The van der Waals surface area contributed by atoms with Gasteiger partial charge < -0.3 is 19.9 Å². The van der Waals surface area contributed by atoms with Crippen molar-refractivity contribution < 1.29 is 14.3 Å². The number of amides is 2. The molecule has 0 aliphatic carbocycles. The summed E-state index contributed by atoms with van der Waals surface area (Å²) in [6, 6.07) is 15.1. The highest BCUT2D eigenvalue weighted by Gasteiger charge is 2.16. The van der Waals surface area contributed by atoms with Crippen LogP contribution < -0.4 is 19.9 Å². The van der Waals surface area contributed by atoms with Gasteiger partial charge in [0.2, 0.25) is 5.91 Å². The van der Waals surface area contributed by atoms with E-state index in [2.05, 4.69) is 22.3 Å². The second-order valence-electron chi connectivity index (χ2n) is 6.84. The van der Waals surface area contributed by atoms with Crippen molar-refractivity contribution in [3.8, 4) is 5.75 Å². The highest BCUT2D eigenvalue weighted by atomic mass is 16.5.